The van der Waals surface area contributed by atoms with Gasteiger partial charge in [-0.15, -0.1) is 0 Å². The van der Waals surface area contributed by atoms with Crippen molar-refractivity contribution in [2.45, 2.75) is 25.8 Å². The summed E-state index contributed by atoms with van der Waals surface area (Å²) in [6.45, 7) is 3.29. The van der Waals surface area contributed by atoms with E-state index in [1.165, 1.54) is 0 Å². The van der Waals surface area contributed by atoms with Gasteiger partial charge in [0.05, 0.1) is 25.0 Å². The predicted molar refractivity (Wildman–Crippen MR) is 93.9 cm³/mol. The third-order valence-electron chi connectivity index (χ3n) is 4.92. The minimum absolute atomic E-state index is 0.0225. The maximum atomic E-state index is 13.2. The highest BCUT2D eigenvalue weighted by Gasteiger charge is 2.28. The van der Waals surface area contributed by atoms with Gasteiger partial charge in [0.1, 0.15) is 17.1 Å². The van der Waals surface area contributed by atoms with Crippen LogP contribution in [-0.4, -0.2) is 40.6 Å². The summed E-state index contributed by atoms with van der Waals surface area (Å²) in [6, 6.07) is 5.84. The quantitative estimate of drug-likeness (QED) is 0.733. The van der Waals surface area contributed by atoms with Gasteiger partial charge in [-0.2, -0.15) is 0 Å². The van der Waals surface area contributed by atoms with Gasteiger partial charge in [0.15, 0.2) is 0 Å². The van der Waals surface area contributed by atoms with E-state index in [4.69, 9.17) is 9.15 Å². The van der Waals surface area contributed by atoms with Gasteiger partial charge < -0.3 is 18.6 Å². The predicted octanol–water partition coefficient (Wildman–Crippen LogP) is 3.42. The number of imidazole rings is 1. The summed E-state index contributed by atoms with van der Waals surface area (Å²) >= 11 is 0. The van der Waals surface area contributed by atoms with Crippen molar-refractivity contribution in [3.63, 3.8) is 0 Å². The molecule has 0 spiro atoms. The number of furan rings is 1. The number of hydrogen-bond acceptors (Lipinski definition) is 4. The first-order valence-electron chi connectivity index (χ1n) is 8.51. The fourth-order valence-corrected chi connectivity index (χ4v) is 3.62. The molecule has 3 aromatic rings. The number of ether oxygens (including phenoxy) is 1. The Labute approximate surface area is 146 Å². The topological polar surface area (TPSA) is 60.5 Å². The zero-order chi connectivity index (χ0) is 17.4. The lowest BCUT2D eigenvalue weighted by molar-refractivity contribution is 0.0679. The summed E-state index contributed by atoms with van der Waals surface area (Å²) in [4.78, 5) is 19.3. The first-order valence-corrected chi connectivity index (χ1v) is 8.51. The van der Waals surface area contributed by atoms with E-state index >= 15 is 0 Å². The second-order valence-corrected chi connectivity index (χ2v) is 6.45. The van der Waals surface area contributed by atoms with E-state index in [1.807, 2.05) is 42.5 Å². The number of nitrogens with zero attached hydrogens (tertiary/aromatic N) is 3. The molecule has 1 atom stereocenters. The van der Waals surface area contributed by atoms with E-state index < -0.39 is 0 Å². The minimum atomic E-state index is 0.0225. The van der Waals surface area contributed by atoms with Gasteiger partial charge in [-0.3, -0.25) is 4.79 Å². The molecule has 0 aliphatic carbocycles. The molecule has 0 saturated carbocycles. The molecule has 0 bridgehead atoms. The molecule has 1 saturated heterocycles. The lowest BCUT2D eigenvalue weighted by atomic mass is 10.0. The maximum absolute atomic E-state index is 13.2. The van der Waals surface area contributed by atoms with Crippen LogP contribution in [0.1, 0.15) is 35.0 Å². The highest BCUT2D eigenvalue weighted by Crippen LogP contribution is 2.31. The average molecular weight is 339 g/mol. The van der Waals surface area contributed by atoms with Crippen LogP contribution in [-0.2, 0) is 0 Å². The molecule has 1 amide bonds. The van der Waals surface area contributed by atoms with Gasteiger partial charge in [-0.25, -0.2) is 4.98 Å². The third-order valence-corrected chi connectivity index (χ3v) is 4.92. The number of hydrogen-bond donors (Lipinski definition) is 0. The van der Waals surface area contributed by atoms with Gasteiger partial charge in [0.2, 0.25) is 0 Å². The van der Waals surface area contributed by atoms with Crippen LogP contribution < -0.4 is 4.74 Å². The molecule has 1 fully saturated rings. The number of aromatic nitrogens is 2. The van der Waals surface area contributed by atoms with Crippen molar-refractivity contribution in [3.05, 3.63) is 48.2 Å². The summed E-state index contributed by atoms with van der Waals surface area (Å²) in [6.07, 6.45) is 7.59. The van der Waals surface area contributed by atoms with Crippen molar-refractivity contribution in [1.29, 1.82) is 0 Å². The molecular formula is C19H21N3O3. The third kappa shape index (κ3) is 2.77. The van der Waals surface area contributed by atoms with E-state index in [0.717, 1.165) is 30.5 Å². The second-order valence-electron chi connectivity index (χ2n) is 6.45. The zero-order valence-corrected chi connectivity index (χ0v) is 14.4. The molecule has 1 aromatic carbocycles. The monoisotopic (exact) mass is 339 g/mol. The van der Waals surface area contributed by atoms with Crippen LogP contribution in [0.5, 0.6) is 5.75 Å². The van der Waals surface area contributed by atoms with Crippen LogP contribution in [0.4, 0.5) is 0 Å². The Morgan fingerprint density at radius 1 is 1.40 bits per heavy atom. The first kappa shape index (κ1) is 15.7. The summed E-state index contributed by atoms with van der Waals surface area (Å²) in [5.41, 5.74) is 1.35. The number of benzene rings is 1. The van der Waals surface area contributed by atoms with Crippen molar-refractivity contribution < 1.29 is 13.9 Å². The van der Waals surface area contributed by atoms with Crippen LogP contribution in [0.25, 0.3) is 11.0 Å². The largest absolute Gasteiger partial charge is 0.497 e. The van der Waals surface area contributed by atoms with Gasteiger partial charge in [0, 0.05) is 30.9 Å². The highest BCUT2D eigenvalue weighted by molar-refractivity contribution is 6.07. The van der Waals surface area contributed by atoms with Gasteiger partial charge in [-0.1, -0.05) is 0 Å². The summed E-state index contributed by atoms with van der Waals surface area (Å²) < 4.78 is 13.2. The number of piperidine rings is 1. The van der Waals surface area contributed by atoms with Crippen molar-refractivity contribution >= 4 is 16.9 Å². The number of likely N-dealkylation sites (tertiary alicyclic amines) is 1. The number of aryl methyl sites for hydroxylation is 1. The summed E-state index contributed by atoms with van der Waals surface area (Å²) in [7, 11) is 1.62. The smallest absolute Gasteiger partial charge is 0.258 e. The van der Waals surface area contributed by atoms with Crippen LogP contribution in [0.15, 0.2) is 41.3 Å². The maximum Gasteiger partial charge on any atom is 0.258 e. The standard InChI is InChI=1S/C19H21N3O3/c1-13-18(16-10-15(24-2)5-6-17(16)25-13)19(23)21-8-3-4-14(11-21)22-9-7-20-12-22/h5-7,9-10,12,14H,3-4,8,11H2,1-2H3/t14-/m1/s1. The van der Waals surface area contributed by atoms with E-state index in [0.29, 0.717) is 23.5 Å². The minimum Gasteiger partial charge on any atom is -0.497 e. The molecule has 130 valence electrons. The van der Waals surface area contributed by atoms with E-state index in [-0.39, 0.29) is 11.9 Å². The van der Waals surface area contributed by atoms with Crippen LogP contribution >= 0.6 is 0 Å². The Morgan fingerprint density at radius 3 is 3.04 bits per heavy atom. The van der Waals surface area contributed by atoms with Crippen molar-refractivity contribution in [2.75, 3.05) is 20.2 Å². The Morgan fingerprint density at radius 2 is 2.28 bits per heavy atom. The lowest BCUT2D eigenvalue weighted by Gasteiger charge is -2.33. The molecule has 6 nitrogen and oxygen atoms in total. The van der Waals surface area contributed by atoms with Crippen LogP contribution in [0.2, 0.25) is 0 Å². The number of carbonyl (C=O) groups is 1. The number of amides is 1. The van der Waals surface area contributed by atoms with E-state index in [1.54, 1.807) is 13.3 Å². The Bertz CT molecular complexity index is 898. The molecule has 2 aromatic heterocycles. The Kier molecular flexibility index (Phi) is 3.95. The normalized spacial score (nSPS) is 17.8. The second kappa shape index (κ2) is 6.27. The summed E-state index contributed by atoms with van der Waals surface area (Å²) in [5.74, 6) is 1.39. The molecule has 0 unspecified atom stereocenters. The SMILES string of the molecule is COc1ccc2oc(C)c(C(=O)N3CCC[C@@H](n4ccnc4)C3)c2c1. The Hall–Kier alpha value is -2.76. The average Bonchev–Trinajstić information content (AvgIpc) is 3.28. The molecule has 1 aliphatic rings. The fraction of sp³-hybridized carbons (Fsp3) is 0.368. The van der Waals surface area contributed by atoms with Gasteiger partial charge in [-0.05, 0) is 38.0 Å². The number of methoxy groups -OCH3 is 1. The first-order chi connectivity index (χ1) is 12.2. The fourth-order valence-electron chi connectivity index (χ4n) is 3.62. The van der Waals surface area contributed by atoms with Crippen LogP contribution in [0, 0.1) is 6.92 Å². The molecule has 0 radical (unpaired) electrons. The van der Waals surface area contributed by atoms with E-state index in [2.05, 4.69) is 9.55 Å². The molecule has 4 rings (SSSR count). The number of carbonyl (C=O) groups excluding carboxylic acids is 1. The molecular weight excluding hydrogens is 318 g/mol. The van der Waals surface area contributed by atoms with Gasteiger partial charge in [0.25, 0.3) is 5.91 Å². The molecule has 3 heterocycles. The van der Waals surface area contributed by atoms with Crippen LogP contribution in [0.3, 0.4) is 0 Å². The molecule has 0 N–H and O–H groups in total. The van der Waals surface area contributed by atoms with Crippen molar-refractivity contribution in [1.82, 2.24) is 14.5 Å². The van der Waals surface area contributed by atoms with E-state index in [9.17, 15) is 4.79 Å². The molecule has 1 aliphatic heterocycles. The highest BCUT2D eigenvalue weighted by atomic mass is 16.5. The van der Waals surface area contributed by atoms with Crippen molar-refractivity contribution in [3.8, 4) is 5.75 Å². The molecule has 6 heteroatoms. The molecule has 25 heavy (non-hydrogen) atoms. The van der Waals surface area contributed by atoms with Crippen molar-refractivity contribution in [2.24, 2.45) is 0 Å². The summed E-state index contributed by atoms with van der Waals surface area (Å²) in [5, 5.41) is 0.812. The number of fused-ring (bicyclic) bond motifs is 1. The number of rotatable bonds is 3. The van der Waals surface area contributed by atoms with Gasteiger partial charge >= 0.3 is 0 Å². The lowest BCUT2D eigenvalue weighted by Crippen LogP contribution is -2.40. The zero-order valence-electron chi connectivity index (χ0n) is 14.4. The Balaban J connectivity index is 1.66.